The quantitative estimate of drug-likeness (QED) is 0.770. The molecule has 1 N–H and O–H groups in total. The molecule has 0 saturated carbocycles. The summed E-state index contributed by atoms with van der Waals surface area (Å²) in [6.07, 6.45) is 3.00. The van der Waals surface area contributed by atoms with Crippen LogP contribution in [0.3, 0.4) is 0 Å². The third kappa shape index (κ3) is 2.65. The standard InChI is InChI=1S/C16H17N3S/c1-3-13-10-17-16(20-13)11(2)18-15-9-8-12-6-4-5-7-14(12)19-15/h4-11H,3H2,1-2H3,(H,18,19). The Hall–Kier alpha value is -1.94. The van der Waals surface area contributed by atoms with Crippen molar-refractivity contribution in [2.75, 3.05) is 5.32 Å². The molecule has 1 aromatic carbocycles. The van der Waals surface area contributed by atoms with E-state index in [1.54, 1.807) is 11.3 Å². The van der Waals surface area contributed by atoms with Gasteiger partial charge >= 0.3 is 0 Å². The van der Waals surface area contributed by atoms with E-state index in [2.05, 4.69) is 41.3 Å². The largest absolute Gasteiger partial charge is 0.361 e. The van der Waals surface area contributed by atoms with E-state index in [0.29, 0.717) is 0 Å². The highest BCUT2D eigenvalue weighted by molar-refractivity contribution is 7.11. The second kappa shape index (κ2) is 5.59. The third-order valence-electron chi connectivity index (χ3n) is 3.25. The minimum Gasteiger partial charge on any atom is -0.361 e. The number of nitrogens with one attached hydrogen (secondary N) is 1. The van der Waals surface area contributed by atoms with Crippen LogP contribution in [0.15, 0.2) is 42.6 Å². The van der Waals surface area contributed by atoms with Crippen molar-refractivity contribution in [3.8, 4) is 0 Å². The first-order valence-corrected chi connectivity index (χ1v) is 7.65. The molecule has 0 aliphatic carbocycles. The number of aryl methyl sites for hydroxylation is 1. The highest BCUT2D eigenvalue weighted by Crippen LogP contribution is 2.24. The summed E-state index contributed by atoms with van der Waals surface area (Å²) >= 11 is 1.76. The highest BCUT2D eigenvalue weighted by atomic mass is 32.1. The number of para-hydroxylation sites is 1. The normalized spacial score (nSPS) is 12.5. The fourth-order valence-corrected chi connectivity index (χ4v) is 2.98. The van der Waals surface area contributed by atoms with E-state index in [9.17, 15) is 0 Å². The number of anilines is 1. The van der Waals surface area contributed by atoms with Crippen LogP contribution < -0.4 is 5.32 Å². The summed E-state index contributed by atoms with van der Waals surface area (Å²) in [7, 11) is 0. The summed E-state index contributed by atoms with van der Waals surface area (Å²) < 4.78 is 0. The molecule has 1 atom stereocenters. The molecule has 0 spiro atoms. The van der Waals surface area contributed by atoms with Gasteiger partial charge in [-0.1, -0.05) is 25.1 Å². The van der Waals surface area contributed by atoms with Crippen LogP contribution >= 0.6 is 11.3 Å². The SMILES string of the molecule is CCc1cnc(C(C)Nc2ccc3ccccc3n2)s1. The van der Waals surface area contributed by atoms with E-state index in [4.69, 9.17) is 0 Å². The molecule has 0 radical (unpaired) electrons. The minimum absolute atomic E-state index is 0.175. The van der Waals surface area contributed by atoms with Gasteiger partial charge in [-0.3, -0.25) is 0 Å². The number of pyridine rings is 1. The number of rotatable bonds is 4. The van der Waals surface area contributed by atoms with Crippen molar-refractivity contribution in [1.82, 2.24) is 9.97 Å². The van der Waals surface area contributed by atoms with E-state index < -0.39 is 0 Å². The molecule has 1 unspecified atom stereocenters. The van der Waals surface area contributed by atoms with Gasteiger partial charge < -0.3 is 5.32 Å². The Kier molecular flexibility index (Phi) is 3.65. The number of fused-ring (bicyclic) bond motifs is 1. The molecule has 4 heteroatoms. The van der Waals surface area contributed by atoms with Gasteiger partial charge in [0.25, 0.3) is 0 Å². The Balaban J connectivity index is 1.81. The molecular weight excluding hydrogens is 266 g/mol. The molecule has 2 aromatic heterocycles. The molecule has 2 heterocycles. The molecule has 0 aliphatic rings. The van der Waals surface area contributed by atoms with Crippen LogP contribution in [0.5, 0.6) is 0 Å². The van der Waals surface area contributed by atoms with Crippen LogP contribution in [-0.2, 0) is 6.42 Å². The lowest BCUT2D eigenvalue weighted by Gasteiger charge is -2.12. The van der Waals surface area contributed by atoms with Crippen molar-refractivity contribution in [2.24, 2.45) is 0 Å². The van der Waals surface area contributed by atoms with E-state index in [1.807, 2.05) is 30.5 Å². The predicted molar refractivity (Wildman–Crippen MR) is 85.3 cm³/mol. The topological polar surface area (TPSA) is 37.8 Å². The van der Waals surface area contributed by atoms with Crippen LogP contribution in [0.25, 0.3) is 10.9 Å². The van der Waals surface area contributed by atoms with Gasteiger partial charge in [0.2, 0.25) is 0 Å². The fourth-order valence-electron chi connectivity index (χ4n) is 2.12. The molecule has 102 valence electrons. The molecular formula is C16H17N3S. The third-order valence-corrected chi connectivity index (χ3v) is 4.58. The molecule has 0 bridgehead atoms. The van der Waals surface area contributed by atoms with Crippen molar-refractivity contribution < 1.29 is 0 Å². The Labute approximate surface area is 122 Å². The summed E-state index contributed by atoms with van der Waals surface area (Å²) in [5.41, 5.74) is 1.01. The van der Waals surface area contributed by atoms with Gasteiger partial charge in [-0.2, -0.15) is 0 Å². The van der Waals surface area contributed by atoms with Gasteiger partial charge in [0, 0.05) is 16.5 Å². The maximum Gasteiger partial charge on any atom is 0.127 e. The summed E-state index contributed by atoms with van der Waals surface area (Å²) in [4.78, 5) is 10.4. The van der Waals surface area contributed by atoms with E-state index in [-0.39, 0.29) is 6.04 Å². The van der Waals surface area contributed by atoms with E-state index >= 15 is 0 Å². The lowest BCUT2D eigenvalue weighted by atomic mass is 10.2. The monoisotopic (exact) mass is 283 g/mol. The molecule has 0 aliphatic heterocycles. The molecule has 0 amide bonds. The summed E-state index contributed by atoms with van der Waals surface area (Å²) in [6, 6.07) is 12.4. The zero-order valence-electron chi connectivity index (χ0n) is 11.6. The summed E-state index contributed by atoms with van der Waals surface area (Å²) in [5.74, 6) is 0.893. The van der Waals surface area contributed by atoms with E-state index in [1.165, 1.54) is 4.88 Å². The maximum atomic E-state index is 4.63. The van der Waals surface area contributed by atoms with Gasteiger partial charge in [-0.05, 0) is 31.5 Å². The number of nitrogens with zero attached hydrogens (tertiary/aromatic N) is 2. The van der Waals surface area contributed by atoms with Gasteiger partial charge in [-0.15, -0.1) is 11.3 Å². The molecule has 3 aromatic rings. The van der Waals surface area contributed by atoms with Gasteiger partial charge in [0.1, 0.15) is 10.8 Å². The lowest BCUT2D eigenvalue weighted by Crippen LogP contribution is -2.07. The first kappa shape index (κ1) is 13.1. The van der Waals surface area contributed by atoms with Crippen LogP contribution in [0.2, 0.25) is 0 Å². The Morgan fingerprint density at radius 2 is 2.05 bits per heavy atom. The minimum atomic E-state index is 0.175. The molecule has 3 nitrogen and oxygen atoms in total. The predicted octanol–water partition coefficient (Wildman–Crippen LogP) is 4.43. The number of thiazole rings is 1. The van der Waals surface area contributed by atoms with Gasteiger partial charge in [0.05, 0.1) is 11.6 Å². The molecule has 3 rings (SSSR count). The first-order chi connectivity index (χ1) is 9.76. The van der Waals surface area contributed by atoms with Gasteiger partial charge in [0.15, 0.2) is 0 Å². The number of hydrogen-bond donors (Lipinski definition) is 1. The zero-order chi connectivity index (χ0) is 13.9. The lowest BCUT2D eigenvalue weighted by molar-refractivity contribution is 0.862. The van der Waals surface area contributed by atoms with Gasteiger partial charge in [-0.25, -0.2) is 9.97 Å². The summed E-state index contributed by atoms with van der Waals surface area (Å²) in [6.45, 7) is 4.27. The van der Waals surface area contributed by atoms with E-state index in [0.717, 1.165) is 28.1 Å². The van der Waals surface area contributed by atoms with Crippen molar-refractivity contribution >= 4 is 28.1 Å². The first-order valence-electron chi connectivity index (χ1n) is 6.83. The maximum absolute atomic E-state index is 4.63. The van der Waals surface area contributed by atoms with Crippen molar-refractivity contribution in [2.45, 2.75) is 26.3 Å². The number of aromatic nitrogens is 2. The van der Waals surface area contributed by atoms with Crippen molar-refractivity contribution in [3.05, 3.63) is 52.5 Å². The fraction of sp³-hybridized carbons (Fsp3) is 0.250. The average molecular weight is 283 g/mol. The number of hydrogen-bond acceptors (Lipinski definition) is 4. The Morgan fingerprint density at radius 3 is 2.85 bits per heavy atom. The summed E-state index contributed by atoms with van der Waals surface area (Å²) in [5, 5.41) is 5.69. The number of benzene rings is 1. The highest BCUT2D eigenvalue weighted by Gasteiger charge is 2.10. The van der Waals surface area contributed by atoms with Crippen molar-refractivity contribution in [1.29, 1.82) is 0 Å². The Morgan fingerprint density at radius 1 is 1.20 bits per heavy atom. The Bertz CT molecular complexity index is 720. The smallest absolute Gasteiger partial charge is 0.127 e. The molecule has 0 saturated heterocycles. The zero-order valence-corrected chi connectivity index (χ0v) is 12.4. The van der Waals surface area contributed by atoms with Crippen molar-refractivity contribution in [3.63, 3.8) is 0 Å². The second-order valence-electron chi connectivity index (χ2n) is 4.77. The molecule has 20 heavy (non-hydrogen) atoms. The second-order valence-corrected chi connectivity index (χ2v) is 5.92. The van der Waals surface area contributed by atoms with Crippen LogP contribution in [-0.4, -0.2) is 9.97 Å². The average Bonchev–Trinajstić information content (AvgIpc) is 2.96. The van der Waals surface area contributed by atoms with Crippen LogP contribution in [0.1, 0.15) is 29.8 Å². The van der Waals surface area contributed by atoms with Crippen LogP contribution in [0, 0.1) is 0 Å². The van der Waals surface area contributed by atoms with Crippen LogP contribution in [0.4, 0.5) is 5.82 Å². The molecule has 0 fully saturated rings.